The number of fused-ring (bicyclic) bond motifs is 6. The van der Waals surface area contributed by atoms with E-state index in [2.05, 4.69) is 228 Å². The van der Waals surface area contributed by atoms with Crippen LogP contribution < -0.4 is 4.90 Å². The van der Waals surface area contributed by atoms with Gasteiger partial charge in [-0.3, -0.25) is 0 Å². The molecule has 2 nitrogen and oxygen atoms in total. The van der Waals surface area contributed by atoms with Crippen LogP contribution in [0, 0.1) is 0 Å². The second-order valence-electron chi connectivity index (χ2n) is 14.5. The third-order valence-corrected chi connectivity index (χ3v) is 12.3. The fraction of sp³-hybridized carbons (Fsp3) is 0. The average Bonchev–Trinajstić information content (AvgIpc) is 3.84. The van der Waals surface area contributed by atoms with Crippen LogP contribution in [0.4, 0.5) is 17.1 Å². The van der Waals surface area contributed by atoms with E-state index >= 15 is 0 Å². The SMILES string of the molecule is c1ccc(-c2cccc(-c3ccccc3)c2N(c2ccc(-c3cccc4c3c3ccccc3n4-c3ccccc3)cc2)c2cccc3sc4ccccc4c23)cc1. The minimum atomic E-state index is 1.10. The molecule has 268 valence electrons. The van der Waals surface area contributed by atoms with Crippen LogP contribution >= 0.6 is 11.3 Å². The summed E-state index contributed by atoms with van der Waals surface area (Å²) in [5.41, 5.74) is 14.1. The van der Waals surface area contributed by atoms with Crippen LogP contribution in [0.2, 0.25) is 0 Å². The third kappa shape index (κ3) is 5.55. The summed E-state index contributed by atoms with van der Waals surface area (Å²) in [4.78, 5) is 2.51. The van der Waals surface area contributed by atoms with Gasteiger partial charge < -0.3 is 9.47 Å². The Labute approximate surface area is 335 Å². The Morgan fingerprint density at radius 2 is 0.877 bits per heavy atom. The highest BCUT2D eigenvalue weighted by Gasteiger charge is 2.25. The predicted molar refractivity (Wildman–Crippen MR) is 245 cm³/mol. The number of hydrogen-bond donors (Lipinski definition) is 0. The molecule has 0 spiro atoms. The summed E-state index contributed by atoms with van der Waals surface area (Å²) >= 11 is 1.86. The van der Waals surface area contributed by atoms with E-state index in [9.17, 15) is 0 Å². The second-order valence-corrected chi connectivity index (χ2v) is 15.5. The molecule has 3 heteroatoms. The molecule has 0 radical (unpaired) electrons. The van der Waals surface area contributed by atoms with Crippen molar-refractivity contribution in [1.29, 1.82) is 0 Å². The van der Waals surface area contributed by atoms with Crippen molar-refractivity contribution in [3.63, 3.8) is 0 Å². The monoisotopic (exact) mass is 744 g/mol. The topological polar surface area (TPSA) is 8.17 Å². The molecule has 0 aliphatic rings. The molecule has 0 unspecified atom stereocenters. The summed E-state index contributed by atoms with van der Waals surface area (Å²) in [5.74, 6) is 0. The molecule has 11 rings (SSSR count). The molecule has 0 N–H and O–H groups in total. The first-order valence-electron chi connectivity index (χ1n) is 19.4. The molecule has 0 saturated carbocycles. The van der Waals surface area contributed by atoms with Gasteiger partial charge in [0.1, 0.15) is 0 Å². The van der Waals surface area contributed by atoms with Gasteiger partial charge in [0, 0.05) is 53.4 Å². The molecule has 9 aromatic carbocycles. The highest BCUT2D eigenvalue weighted by molar-refractivity contribution is 7.26. The third-order valence-electron chi connectivity index (χ3n) is 11.2. The van der Waals surface area contributed by atoms with E-state index in [-0.39, 0.29) is 0 Å². The van der Waals surface area contributed by atoms with Gasteiger partial charge in [0.2, 0.25) is 0 Å². The molecule has 57 heavy (non-hydrogen) atoms. The Morgan fingerprint density at radius 1 is 0.351 bits per heavy atom. The molecule has 0 aliphatic heterocycles. The van der Waals surface area contributed by atoms with Gasteiger partial charge in [0.15, 0.2) is 0 Å². The lowest BCUT2D eigenvalue weighted by molar-refractivity contribution is 1.18. The van der Waals surface area contributed by atoms with Crippen molar-refractivity contribution in [2.45, 2.75) is 0 Å². The molecular formula is C54H36N2S. The van der Waals surface area contributed by atoms with Crippen LogP contribution in [-0.4, -0.2) is 4.57 Å². The van der Waals surface area contributed by atoms with Gasteiger partial charge in [0.25, 0.3) is 0 Å². The average molecular weight is 745 g/mol. The molecule has 2 aromatic heterocycles. The summed E-state index contributed by atoms with van der Waals surface area (Å²) in [6.45, 7) is 0. The first-order chi connectivity index (χ1) is 28.3. The molecule has 0 bridgehead atoms. The van der Waals surface area contributed by atoms with E-state index in [1.54, 1.807) is 0 Å². The number of nitrogens with zero attached hydrogens (tertiary/aromatic N) is 2. The van der Waals surface area contributed by atoms with Crippen molar-refractivity contribution in [2.75, 3.05) is 4.90 Å². The van der Waals surface area contributed by atoms with E-state index in [0.29, 0.717) is 0 Å². The van der Waals surface area contributed by atoms with Gasteiger partial charge in [-0.05, 0) is 76.9 Å². The minimum Gasteiger partial charge on any atom is -0.309 e. The standard InChI is InChI=1S/C54H36N2S/c1-4-17-37(18-5-1)43-26-14-27-44(38-19-6-2-7-20-38)54(43)56(49-30-16-32-51-53(49)46-24-11-13-31-50(46)57-51)41-35-33-39(34-36-41)42-25-15-29-48-52(42)45-23-10-12-28-47(45)55(48)40-21-8-3-9-22-40/h1-36H. The maximum atomic E-state index is 2.51. The summed E-state index contributed by atoms with van der Waals surface area (Å²) in [6.07, 6.45) is 0. The van der Waals surface area contributed by atoms with Crippen molar-refractivity contribution in [2.24, 2.45) is 0 Å². The maximum absolute atomic E-state index is 2.51. The van der Waals surface area contributed by atoms with Gasteiger partial charge in [0.05, 0.1) is 22.4 Å². The Balaban J connectivity index is 1.17. The zero-order valence-corrected chi connectivity index (χ0v) is 31.9. The van der Waals surface area contributed by atoms with Gasteiger partial charge in [-0.1, -0.05) is 164 Å². The molecule has 0 atom stereocenters. The Kier molecular flexibility index (Phi) is 8.04. The quantitative estimate of drug-likeness (QED) is 0.158. The van der Waals surface area contributed by atoms with E-state index in [1.807, 2.05) is 11.3 Å². The number of rotatable bonds is 7. The number of para-hydroxylation sites is 3. The lowest BCUT2D eigenvalue weighted by atomic mass is 9.93. The zero-order chi connectivity index (χ0) is 37.7. The largest absolute Gasteiger partial charge is 0.309 e. The fourth-order valence-electron chi connectivity index (χ4n) is 8.72. The molecule has 2 heterocycles. The Bertz CT molecular complexity index is 3160. The number of hydrogen-bond acceptors (Lipinski definition) is 2. The van der Waals surface area contributed by atoms with Crippen LogP contribution in [0.25, 0.3) is 81.0 Å². The lowest BCUT2D eigenvalue weighted by Gasteiger charge is -2.31. The highest BCUT2D eigenvalue weighted by Crippen LogP contribution is 2.51. The van der Waals surface area contributed by atoms with Crippen molar-refractivity contribution in [3.8, 4) is 39.1 Å². The number of anilines is 3. The van der Waals surface area contributed by atoms with Crippen molar-refractivity contribution in [1.82, 2.24) is 4.57 Å². The van der Waals surface area contributed by atoms with E-state index in [4.69, 9.17) is 0 Å². The summed E-state index contributed by atoms with van der Waals surface area (Å²) in [5, 5.41) is 5.05. The van der Waals surface area contributed by atoms with Crippen LogP contribution in [0.5, 0.6) is 0 Å². The molecule has 0 fully saturated rings. The lowest BCUT2D eigenvalue weighted by Crippen LogP contribution is -2.13. The number of aromatic nitrogens is 1. The second kappa shape index (κ2) is 13.8. The summed E-state index contributed by atoms with van der Waals surface area (Å²) < 4.78 is 4.95. The number of benzene rings is 9. The first kappa shape index (κ1) is 33.2. The van der Waals surface area contributed by atoms with Gasteiger partial charge >= 0.3 is 0 Å². The normalized spacial score (nSPS) is 11.5. The van der Waals surface area contributed by atoms with Crippen LogP contribution in [0.3, 0.4) is 0 Å². The minimum absolute atomic E-state index is 1.10. The smallest absolute Gasteiger partial charge is 0.0618 e. The predicted octanol–water partition coefficient (Wildman–Crippen LogP) is 15.6. The van der Waals surface area contributed by atoms with Gasteiger partial charge in [-0.15, -0.1) is 11.3 Å². The number of thiophene rings is 1. The van der Waals surface area contributed by atoms with Crippen molar-refractivity contribution >= 4 is 70.4 Å². The fourth-order valence-corrected chi connectivity index (χ4v) is 9.85. The van der Waals surface area contributed by atoms with Crippen molar-refractivity contribution in [3.05, 3.63) is 218 Å². The summed E-state index contributed by atoms with van der Waals surface area (Å²) in [6, 6.07) is 79.4. The van der Waals surface area contributed by atoms with E-state index in [0.717, 1.165) is 22.7 Å². The first-order valence-corrected chi connectivity index (χ1v) is 20.3. The maximum Gasteiger partial charge on any atom is 0.0618 e. The molecule has 0 aliphatic carbocycles. The van der Waals surface area contributed by atoms with E-state index < -0.39 is 0 Å². The molecule has 0 amide bonds. The Morgan fingerprint density at radius 3 is 1.60 bits per heavy atom. The van der Waals surface area contributed by atoms with Crippen molar-refractivity contribution < 1.29 is 0 Å². The highest BCUT2D eigenvalue weighted by atomic mass is 32.1. The van der Waals surface area contributed by atoms with Crippen LogP contribution in [-0.2, 0) is 0 Å². The molecule has 0 saturated heterocycles. The Hall–Kier alpha value is -7.20. The van der Waals surface area contributed by atoms with Crippen LogP contribution in [0.15, 0.2) is 218 Å². The van der Waals surface area contributed by atoms with Gasteiger partial charge in [-0.2, -0.15) is 0 Å². The van der Waals surface area contributed by atoms with Gasteiger partial charge in [-0.25, -0.2) is 0 Å². The van der Waals surface area contributed by atoms with Crippen LogP contribution in [0.1, 0.15) is 0 Å². The molecular weight excluding hydrogens is 709 g/mol. The molecule has 11 aromatic rings. The zero-order valence-electron chi connectivity index (χ0n) is 31.1. The summed E-state index contributed by atoms with van der Waals surface area (Å²) in [7, 11) is 0. The van der Waals surface area contributed by atoms with E-state index in [1.165, 1.54) is 75.4 Å².